The summed E-state index contributed by atoms with van der Waals surface area (Å²) < 4.78 is 33.1. The van der Waals surface area contributed by atoms with Crippen LogP contribution < -0.4 is 4.90 Å². The Balaban J connectivity index is 1.84. The predicted molar refractivity (Wildman–Crippen MR) is 120 cm³/mol. The van der Waals surface area contributed by atoms with Crippen molar-refractivity contribution < 1.29 is 17.9 Å². The van der Waals surface area contributed by atoms with Crippen molar-refractivity contribution in [3.63, 3.8) is 0 Å². The monoisotopic (exact) mass is 447 g/mol. The summed E-state index contributed by atoms with van der Waals surface area (Å²) in [6.45, 7) is 4.08. The molecule has 0 unspecified atom stereocenters. The minimum absolute atomic E-state index is 0.171. The molecular formula is C21H25N3O4S2. The third-order valence-electron chi connectivity index (χ3n) is 4.88. The number of aromatic nitrogens is 1. The van der Waals surface area contributed by atoms with Gasteiger partial charge in [-0.2, -0.15) is 4.31 Å². The number of carbonyl (C=O) groups excluding carboxylic acids is 1. The number of benzene rings is 2. The van der Waals surface area contributed by atoms with Crippen LogP contribution in [-0.4, -0.2) is 57.5 Å². The van der Waals surface area contributed by atoms with Crippen LogP contribution in [0.5, 0.6) is 0 Å². The molecule has 0 aliphatic heterocycles. The van der Waals surface area contributed by atoms with E-state index in [0.29, 0.717) is 11.7 Å². The number of thiazole rings is 1. The van der Waals surface area contributed by atoms with Crippen LogP contribution in [0.25, 0.3) is 10.2 Å². The number of hydrogen-bond donors (Lipinski definition) is 0. The zero-order valence-corrected chi connectivity index (χ0v) is 19.1. The molecule has 7 nitrogen and oxygen atoms in total. The van der Waals surface area contributed by atoms with E-state index in [0.717, 1.165) is 25.6 Å². The SMILES string of the molecule is COCCN(C(=O)CN(C)S(=O)(=O)c1ccc(C)c(C)c1)c1nc2ccccc2s1. The van der Waals surface area contributed by atoms with Gasteiger partial charge in [-0.05, 0) is 49.2 Å². The fraction of sp³-hybridized carbons (Fsp3) is 0.333. The number of para-hydroxylation sites is 1. The first kappa shape index (κ1) is 22.4. The molecule has 1 amide bonds. The molecule has 0 aliphatic rings. The molecule has 0 saturated carbocycles. The molecule has 30 heavy (non-hydrogen) atoms. The molecule has 0 radical (unpaired) electrons. The standard InChI is InChI=1S/C21H25N3O4S2/c1-15-9-10-17(13-16(15)2)30(26,27)23(3)14-20(25)24(11-12-28-4)21-22-18-7-5-6-8-19(18)29-21/h5-10,13H,11-12,14H2,1-4H3. The molecule has 9 heteroatoms. The van der Waals surface area contributed by atoms with E-state index >= 15 is 0 Å². The zero-order valence-electron chi connectivity index (χ0n) is 17.5. The van der Waals surface area contributed by atoms with Gasteiger partial charge < -0.3 is 4.74 Å². The van der Waals surface area contributed by atoms with E-state index in [1.807, 2.05) is 38.1 Å². The molecule has 0 atom stereocenters. The second kappa shape index (κ2) is 9.22. The molecule has 0 N–H and O–H groups in total. The maximum atomic E-state index is 13.1. The van der Waals surface area contributed by atoms with Gasteiger partial charge in [-0.3, -0.25) is 9.69 Å². The highest BCUT2D eigenvalue weighted by Crippen LogP contribution is 2.29. The molecule has 1 aromatic heterocycles. The summed E-state index contributed by atoms with van der Waals surface area (Å²) >= 11 is 1.39. The van der Waals surface area contributed by atoms with Crippen molar-refractivity contribution in [2.24, 2.45) is 0 Å². The van der Waals surface area contributed by atoms with Gasteiger partial charge in [0.1, 0.15) is 0 Å². The first-order chi connectivity index (χ1) is 14.2. The summed E-state index contributed by atoms with van der Waals surface area (Å²) in [7, 11) is -0.832. The number of ether oxygens (including phenoxy) is 1. The second-order valence-electron chi connectivity index (χ2n) is 7.01. The van der Waals surface area contributed by atoms with Crippen LogP contribution in [0, 0.1) is 13.8 Å². The van der Waals surface area contributed by atoms with Crippen LogP contribution in [0.1, 0.15) is 11.1 Å². The Bertz CT molecular complexity index is 1130. The maximum absolute atomic E-state index is 13.1. The number of carbonyl (C=O) groups is 1. The van der Waals surface area contributed by atoms with Gasteiger partial charge in [0.15, 0.2) is 5.13 Å². The Morgan fingerprint density at radius 3 is 2.53 bits per heavy atom. The Labute approximate surface area is 181 Å². The van der Waals surface area contributed by atoms with Gasteiger partial charge in [0.2, 0.25) is 15.9 Å². The smallest absolute Gasteiger partial charge is 0.244 e. The molecule has 1 heterocycles. The summed E-state index contributed by atoms with van der Waals surface area (Å²) in [6.07, 6.45) is 0. The van der Waals surface area contributed by atoms with Gasteiger partial charge in [0.05, 0.1) is 34.8 Å². The lowest BCUT2D eigenvalue weighted by atomic mass is 10.1. The van der Waals surface area contributed by atoms with Crippen molar-refractivity contribution in [2.75, 3.05) is 38.8 Å². The highest BCUT2D eigenvalue weighted by molar-refractivity contribution is 7.89. The van der Waals surface area contributed by atoms with Crippen molar-refractivity contribution in [3.8, 4) is 0 Å². The van der Waals surface area contributed by atoms with Gasteiger partial charge in [0, 0.05) is 14.2 Å². The van der Waals surface area contributed by atoms with Crippen molar-refractivity contribution in [1.29, 1.82) is 0 Å². The predicted octanol–water partition coefficient (Wildman–Crippen LogP) is 3.21. The minimum Gasteiger partial charge on any atom is -0.383 e. The first-order valence-corrected chi connectivity index (χ1v) is 11.7. The largest absolute Gasteiger partial charge is 0.383 e. The van der Waals surface area contributed by atoms with E-state index in [1.165, 1.54) is 23.3 Å². The van der Waals surface area contributed by atoms with Crippen LogP contribution >= 0.6 is 11.3 Å². The number of anilines is 1. The van der Waals surface area contributed by atoms with Crippen molar-refractivity contribution in [3.05, 3.63) is 53.6 Å². The Hall–Kier alpha value is -2.33. The first-order valence-electron chi connectivity index (χ1n) is 9.42. The molecule has 0 bridgehead atoms. The number of nitrogens with zero attached hydrogens (tertiary/aromatic N) is 3. The van der Waals surface area contributed by atoms with Crippen molar-refractivity contribution in [1.82, 2.24) is 9.29 Å². The van der Waals surface area contributed by atoms with Gasteiger partial charge >= 0.3 is 0 Å². The lowest BCUT2D eigenvalue weighted by Crippen LogP contribution is -2.42. The summed E-state index contributed by atoms with van der Waals surface area (Å²) in [5.41, 5.74) is 2.69. The van der Waals surface area contributed by atoms with Crippen LogP contribution in [0.15, 0.2) is 47.4 Å². The van der Waals surface area contributed by atoms with Gasteiger partial charge in [0.25, 0.3) is 0 Å². The Kier molecular flexibility index (Phi) is 6.87. The van der Waals surface area contributed by atoms with E-state index in [-0.39, 0.29) is 23.9 Å². The number of likely N-dealkylation sites (N-methyl/N-ethyl adjacent to an activating group) is 1. The Morgan fingerprint density at radius 2 is 1.87 bits per heavy atom. The number of amides is 1. The van der Waals surface area contributed by atoms with E-state index in [4.69, 9.17) is 4.74 Å². The topological polar surface area (TPSA) is 79.8 Å². The number of hydrogen-bond acceptors (Lipinski definition) is 6. The summed E-state index contributed by atoms with van der Waals surface area (Å²) in [4.78, 5) is 19.3. The molecule has 0 spiro atoms. The average molecular weight is 448 g/mol. The van der Waals surface area contributed by atoms with Crippen molar-refractivity contribution >= 4 is 42.6 Å². The molecule has 0 fully saturated rings. The number of aryl methyl sites for hydroxylation is 2. The number of methoxy groups -OCH3 is 1. The van der Waals surface area contributed by atoms with E-state index < -0.39 is 10.0 Å². The lowest BCUT2D eigenvalue weighted by molar-refractivity contribution is -0.118. The highest BCUT2D eigenvalue weighted by Gasteiger charge is 2.27. The normalized spacial score (nSPS) is 11.9. The molecule has 3 rings (SSSR count). The van der Waals surface area contributed by atoms with Gasteiger partial charge in [-0.1, -0.05) is 29.5 Å². The van der Waals surface area contributed by atoms with Crippen molar-refractivity contribution in [2.45, 2.75) is 18.7 Å². The zero-order chi connectivity index (χ0) is 21.9. The van der Waals surface area contributed by atoms with Crippen LogP contribution in [0.4, 0.5) is 5.13 Å². The fourth-order valence-electron chi connectivity index (χ4n) is 2.90. The third-order valence-corrected chi connectivity index (χ3v) is 7.74. The van der Waals surface area contributed by atoms with Crippen LogP contribution in [-0.2, 0) is 19.6 Å². The maximum Gasteiger partial charge on any atom is 0.244 e. The summed E-state index contributed by atoms with van der Waals surface area (Å²) in [6, 6.07) is 12.6. The lowest BCUT2D eigenvalue weighted by Gasteiger charge is -2.23. The number of sulfonamides is 1. The van der Waals surface area contributed by atoms with E-state index in [9.17, 15) is 13.2 Å². The second-order valence-corrected chi connectivity index (χ2v) is 10.1. The fourth-order valence-corrected chi connectivity index (χ4v) is 5.12. The third kappa shape index (κ3) is 4.70. The molecule has 3 aromatic rings. The van der Waals surface area contributed by atoms with Crippen LogP contribution in [0.3, 0.4) is 0 Å². The number of fused-ring (bicyclic) bond motifs is 1. The van der Waals surface area contributed by atoms with E-state index in [1.54, 1.807) is 25.3 Å². The molecule has 0 aliphatic carbocycles. The number of rotatable bonds is 8. The Morgan fingerprint density at radius 1 is 1.13 bits per heavy atom. The minimum atomic E-state index is -3.80. The summed E-state index contributed by atoms with van der Waals surface area (Å²) in [5.74, 6) is -0.360. The highest BCUT2D eigenvalue weighted by atomic mass is 32.2. The summed E-state index contributed by atoms with van der Waals surface area (Å²) in [5, 5.41) is 0.523. The van der Waals surface area contributed by atoms with Gasteiger partial charge in [-0.25, -0.2) is 13.4 Å². The quantitative estimate of drug-likeness (QED) is 0.530. The van der Waals surface area contributed by atoms with E-state index in [2.05, 4.69) is 4.98 Å². The molecular weight excluding hydrogens is 422 g/mol. The molecule has 160 valence electrons. The van der Waals surface area contributed by atoms with Crippen LogP contribution in [0.2, 0.25) is 0 Å². The average Bonchev–Trinajstić information content (AvgIpc) is 3.13. The molecule has 2 aromatic carbocycles. The molecule has 0 saturated heterocycles. The van der Waals surface area contributed by atoms with Gasteiger partial charge in [-0.15, -0.1) is 0 Å².